The van der Waals surface area contributed by atoms with E-state index in [1.165, 1.54) is 5.56 Å². The standard InChI is InChI=1S/C25H22N4/c26-21-14-16-15-22(28-17-8-3-1-4-9-17)24(27)19-12-7-13-20(23(16)19)25(21)29-18-10-5-2-6-11-18/h1-14,22,27-29H,15,26H2. The van der Waals surface area contributed by atoms with E-state index in [2.05, 4.69) is 22.8 Å². The summed E-state index contributed by atoms with van der Waals surface area (Å²) >= 11 is 0. The second-order valence-electron chi connectivity index (χ2n) is 7.40. The third kappa shape index (κ3) is 3.09. The molecule has 5 rings (SSSR count). The van der Waals surface area contributed by atoms with E-state index in [1.54, 1.807) is 0 Å². The minimum atomic E-state index is -0.0807. The molecular weight excluding hydrogens is 356 g/mol. The molecule has 0 amide bonds. The van der Waals surface area contributed by atoms with Gasteiger partial charge < -0.3 is 21.8 Å². The number of benzene rings is 4. The van der Waals surface area contributed by atoms with Crippen molar-refractivity contribution >= 4 is 39.2 Å². The van der Waals surface area contributed by atoms with E-state index >= 15 is 0 Å². The lowest BCUT2D eigenvalue weighted by Gasteiger charge is -2.29. The van der Waals surface area contributed by atoms with E-state index in [0.29, 0.717) is 5.71 Å². The molecule has 0 bridgehead atoms. The molecule has 5 N–H and O–H groups in total. The largest absolute Gasteiger partial charge is 0.397 e. The van der Waals surface area contributed by atoms with Gasteiger partial charge in [0.2, 0.25) is 0 Å². The summed E-state index contributed by atoms with van der Waals surface area (Å²) in [5, 5.41) is 18.0. The first-order valence-corrected chi connectivity index (χ1v) is 9.77. The molecule has 29 heavy (non-hydrogen) atoms. The Bertz CT molecular complexity index is 1200. The molecule has 0 fully saturated rings. The summed E-state index contributed by atoms with van der Waals surface area (Å²) in [7, 11) is 0. The molecule has 4 nitrogen and oxygen atoms in total. The third-order valence-corrected chi connectivity index (χ3v) is 5.49. The van der Waals surface area contributed by atoms with Crippen molar-refractivity contribution in [2.75, 3.05) is 16.4 Å². The molecule has 4 heteroatoms. The van der Waals surface area contributed by atoms with Crippen LogP contribution in [0.3, 0.4) is 0 Å². The molecule has 0 aliphatic heterocycles. The van der Waals surface area contributed by atoms with Crippen molar-refractivity contribution in [3.8, 4) is 0 Å². The van der Waals surface area contributed by atoms with Gasteiger partial charge in [0.25, 0.3) is 0 Å². The van der Waals surface area contributed by atoms with Crippen LogP contribution in [0.4, 0.5) is 22.7 Å². The van der Waals surface area contributed by atoms with Crippen LogP contribution in [0.25, 0.3) is 10.8 Å². The van der Waals surface area contributed by atoms with Gasteiger partial charge in [0.05, 0.1) is 23.1 Å². The van der Waals surface area contributed by atoms with Gasteiger partial charge in [-0.05, 0) is 47.7 Å². The Hall–Kier alpha value is -3.79. The van der Waals surface area contributed by atoms with Crippen molar-refractivity contribution in [2.24, 2.45) is 0 Å². The summed E-state index contributed by atoms with van der Waals surface area (Å²) in [4.78, 5) is 0. The lowest BCUT2D eigenvalue weighted by molar-refractivity contribution is 0.894. The molecule has 0 saturated heterocycles. The Morgan fingerprint density at radius 3 is 2.24 bits per heavy atom. The molecule has 0 aromatic heterocycles. The number of rotatable bonds is 4. The fourth-order valence-corrected chi connectivity index (χ4v) is 4.15. The molecular formula is C25H22N4. The Morgan fingerprint density at radius 1 is 0.828 bits per heavy atom. The zero-order valence-corrected chi connectivity index (χ0v) is 15.9. The van der Waals surface area contributed by atoms with Crippen LogP contribution in [0.2, 0.25) is 0 Å². The first-order valence-electron chi connectivity index (χ1n) is 9.77. The van der Waals surface area contributed by atoms with Crippen LogP contribution >= 0.6 is 0 Å². The lowest BCUT2D eigenvalue weighted by atomic mass is 9.83. The summed E-state index contributed by atoms with van der Waals surface area (Å²) in [6.07, 6.45) is 0.733. The summed E-state index contributed by atoms with van der Waals surface area (Å²) in [5.41, 5.74) is 12.9. The first-order chi connectivity index (χ1) is 14.2. The molecule has 0 saturated carbocycles. The SMILES string of the molecule is N=C1c2cccc3c(Nc4ccccc4)c(N)cc(c23)CC1Nc1ccccc1. The highest BCUT2D eigenvalue weighted by molar-refractivity contribution is 6.19. The van der Waals surface area contributed by atoms with E-state index in [4.69, 9.17) is 11.1 Å². The highest BCUT2D eigenvalue weighted by Gasteiger charge is 2.27. The van der Waals surface area contributed by atoms with Gasteiger partial charge >= 0.3 is 0 Å². The topological polar surface area (TPSA) is 73.9 Å². The van der Waals surface area contributed by atoms with Gasteiger partial charge in [0.1, 0.15) is 0 Å². The van der Waals surface area contributed by atoms with Crippen LogP contribution in [0.15, 0.2) is 84.9 Å². The van der Waals surface area contributed by atoms with E-state index in [9.17, 15) is 0 Å². The van der Waals surface area contributed by atoms with Crippen LogP contribution in [-0.2, 0) is 6.42 Å². The number of para-hydroxylation sites is 2. The summed E-state index contributed by atoms with van der Waals surface area (Å²) in [6.45, 7) is 0. The van der Waals surface area contributed by atoms with E-state index in [1.807, 2.05) is 72.8 Å². The van der Waals surface area contributed by atoms with Crippen molar-refractivity contribution in [2.45, 2.75) is 12.5 Å². The maximum absolute atomic E-state index is 8.84. The van der Waals surface area contributed by atoms with Crippen molar-refractivity contribution in [3.63, 3.8) is 0 Å². The molecule has 142 valence electrons. The van der Waals surface area contributed by atoms with Gasteiger partial charge in [0, 0.05) is 22.3 Å². The van der Waals surface area contributed by atoms with Crippen LogP contribution in [0, 0.1) is 5.41 Å². The minimum Gasteiger partial charge on any atom is -0.397 e. The first kappa shape index (κ1) is 17.3. The summed E-state index contributed by atoms with van der Waals surface area (Å²) in [6, 6.07) is 28.2. The fraction of sp³-hybridized carbons (Fsp3) is 0.0800. The smallest absolute Gasteiger partial charge is 0.0724 e. The van der Waals surface area contributed by atoms with Crippen LogP contribution in [0.5, 0.6) is 0 Å². The zero-order valence-electron chi connectivity index (χ0n) is 15.9. The Labute approximate surface area is 169 Å². The van der Waals surface area contributed by atoms with Crippen LogP contribution < -0.4 is 16.4 Å². The molecule has 4 aromatic rings. The molecule has 1 aliphatic carbocycles. The Morgan fingerprint density at radius 2 is 1.52 bits per heavy atom. The van der Waals surface area contributed by atoms with Gasteiger partial charge in [-0.25, -0.2) is 0 Å². The zero-order chi connectivity index (χ0) is 19.8. The average Bonchev–Trinajstić information content (AvgIpc) is 2.75. The number of nitrogens with one attached hydrogen (secondary N) is 3. The van der Waals surface area contributed by atoms with Gasteiger partial charge in [-0.3, -0.25) is 0 Å². The van der Waals surface area contributed by atoms with Gasteiger partial charge in [-0.2, -0.15) is 0 Å². The normalized spacial score (nSPS) is 15.3. The Kier molecular flexibility index (Phi) is 4.17. The number of hydrogen-bond acceptors (Lipinski definition) is 4. The van der Waals surface area contributed by atoms with Gasteiger partial charge in [-0.15, -0.1) is 0 Å². The molecule has 1 unspecified atom stereocenters. The molecule has 4 aromatic carbocycles. The lowest BCUT2D eigenvalue weighted by Crippen LogP contribution is -2.35. The van der Waals surface area contributed by atoms with E-state index < -0.39 is 0 Å². The molecule has 1 aliphatic rings. The third-order valence-electron chi connectivity index (χ3n) is 5.49. The van der Waals surface area contributed by atoms with Crippen LogP contribution in [-0.4, -0.2) is 11.8 Å². The maximum atomic E-state index is 8.84. The highest BCUT2D eigenvalue weighted by Crippen LogP contribution is 2.39. The van der Waals surface area contributed by atoms with Crippen molar-refractivity contribution in [3.05, 3.63) is 96.1 Å². The second kappa shape index (κ2) is 6.99. The van der Waals surface area contributed by atoms with Crippen molar-refractivity contribution < 1.29 is 0 Å². The molecule has 0 radical (unpaired) electrons. The monoisotopic (exact) mass is 378 g/mol. The number of nitrogens with two attached hydrogens (primary N) is 1. The van der Waals surface area contributed by atoms with Crippen LogP contribution in [0.1, 0.15) is 11.1 Å². The number of anilines is 4. The van der Waals surface area contributed by atoms with E-state index in [-0.39, 0.29) is 6.04 Å². The number of nitrogen functional groups attached to an aromatic ring is 1. The molecule has 0 heterocycles. The Balaban J connectivity index is 1.58. The fourth-order valence-electron chi connectivity index (χ4n) is 4.15. The van der Waals surface area contributed by atoms with Gasteiger partial charge in [-0.1, -0.05) is 54.6 Å². The van der Waals surface area contributed by atoms with Crippen molar-refractivity contribution in [1.82, 2.24) is 0 Å². The van der Waals surface area contributed by atoms with E-state index in [0.717, 1.165) is 45.5 Å². The summed E-state index contributed by atoms with van der Waals surface area (Å²) in [5.74, 6) is 0. The highest BCUT2D eigenvalue weighted by atomic mass is 14.9. The predicted molar refractivity (Wildman–Crippen MR) is 122 cm³/mol. The number of hydrogen-bond donors (Lipinski definition) is 4. The summed E-state index contributed by atoms with van der Waals surface area (Å²) < 4.78 is 0. The van der Waals surface area contributed by atoms with Crippen molar-refractivity contribution in [1.29, 1.82) is 5.41 Å². The maximum Gasteiger partial charge on any atom is 0.0724 e. The predicted octanol–water partition coefficient (Wildman–Crippen LogP) is 5.57. The quantitative estimate of drug-likeness (QED) is 0.351. The molecule has 0 spiro atoms. The second-order valence-corrected chi connectivity index (χ2v) is 7.40. The minimum absolute atomic E-state index is 0.0807. The average molecular weight is 378 g/mol. The van der Waals surface area contributed by atoms with Gasteiger partial charge in [0.15, 0.2) is 0 Å². The molecule has 1 atom stereocenters.